The number of hydrogen-bond acceptors (Lipinski definition) is 4. The number of nitrogens with one attached hydrogen (secondary N) is 2. The van der Waals surface area contributed by atoms with Gasteiger partial charge in [-0.05, 0) is 26.7 Å². The van der Waals surface area contributed by atoms with Gasteiger partial charge in [0.2, 0.25) is 10.0 Å². The minimum Gasteiger partial charge on any atom is -0.382 e. The Hall–Kier alpha value is -0.860. The molecule has 0 aromatic rings. The molecule has 114 valence electrons. The fourth-order valence-corrected chi connectivity index (χ4v) is 1.69. The van der Waals surface area contributed by atoms with Crippen LogP contribution in [0.4, 0.5) is 0 Å². The SMILES string of the molecule is CCNC(=NCCCCOCC)NCCS(N)(=O)=O. The molecule has 0 aliphatic rings. The molecule has 0 aliphatic carbocycles. The smallest absolute Gasteiger partial charge is 0.210 e. The van der Waals surface area contributed by atoms with Crippen LogP contribution in [0.25, 0.3) is 0 Å². The number of aliphatic imine (C=N–C) groups is 1. The van der Waals surface area contributed by atoms with Crippen molar-refractivity contribution < 1.29 is 13.2 Å². The van der Waals surface area contributed by atoms with E-state index in [1.807, 2.05) is 13.8 Å². The summed E-state index contributed by atoms with van der Waals surface area (Å²) >= 11 is 0. The lowest BCUT2D eigenvalue weighted by Gasteiger charge is -2.10. The molecule has 8 heteroatoms. The quantitative estimate of drug-likeness (QED) is 0.290. The molecule has 0 amide bonds. The van der Waals surface area contributed by atoms with E-state index in [9.17, 15) is 8.42 Å². The van der Waals surface area contributed by atoms with Crippen LogP contribution < -0.4 is 15.8 Å². The number of primary sulfonamides is 1. The van der Waals surface area contributed by atoms with Crippen LogP contribution >= 0.6 is 0 Å². The Morgan fingerprint density at radius 1 is 1.26 bits per heavy atom. The third kappa shape index (κ3) is 13.4. The van der Waals surface area contributed by atoms with E-state index in [1.54, 1.807) is 0 Å². The number of unbranched alkanes of at least 4 members (excludes halogenated alkanes) is 1. The lowest BCUT2D eigenvalue weighted by molar-refractivity contribution is 0.144. The average molecular weight is 294 g/mol. The third-order valence-corrected chi connectivity index (χ3v) is 2.97. The van der Waals surface area contributed by atoms with Gasteiger partial charge < -0.3 is 15.4 Å². The normalized spacial score (nSPS) is 12.5. The van der Waals surface area contributed by atoms with Crippen molar-refractivity contribution in [2.45, 2.75) is 26.7 Å². The Labute approximate surface area is 116 Å². The maximum atomic E-state index is 10.8. The Morgan fingerprint density at radius 3 is 2.58 bits per heavy atom. The molecular formula is C11H26N4O3S. The largest absolute Gasteiger partial charge is 0.382 e. The predicted octanol–water partition coefficient (Wildman–Crippen LogP) is -0.353. The van der Waals surface area contributed by atoms with E-state index >= 15 is 0 Å². The van der Waals surface area contributed by atoms with Crippen LogP contribution in [-0.4, -0.2) is 53.0 Å². The van der Waals surface area contributed by atoms with Crippen LogP contribution in [0.1, 0.15) is 26.7 Å². The van der Waals surface area contributed by atoms with Crippen LogP contribution in [0, 0.1) is 0 Å². The van der Waals surface area contributed by atoms with Gasteiger partial charge in [-0.25, -0.2) is 13.6 Å². The van der Waals surface area contributed by atoms with E-state index in [0.29, 0.717) is 12.5 Å². The van der Waals surface area contributed by atoms with Crippen molar-refractivity contribution in [2.75, 3.05) is 38.6 Å². The molecule has 19 heavy (non-hydrogen) atoms. The zero-order valence-corrected chi connectivity index (χ0v) is 12.6. The summed E-state index contributed by atoms with van der Waals surface area (Å²) in [5.41, 5.74) is 0. The maximum Gasteiger partial charge on any atom is 0.210 e. The summed E-state index contributed by atoms with van der Waals surface area (Å²) < 4.78 is 26.8. The number of ether oxygens (including phenoxy) is 1. The van der Waals surface area contributed by atoms with Gasteiger partial charge in [-0.15, -0.1) is 0 Å². The molecule has 0 bridgehead atoms. The first kappa shape index (κ1) is 18.1. The zero-order chi connectivity index (χ0) is 14.6. The second-order valence-electron chi connectivity index (χ2n) is 3.96. The first-order chi connectivity index (χ1) is 8.99. The van der Waals surface area contributed by atoms with E-state index in [0.717, 1.165) is 32.6 Å². The highest BCUT2D eigenvalue weighted by Crippen LogP contribution is 1.91. The van der Waals surface area contributed by atoms with Crippen molar-refractivity contribution in [3.8, 4) is 0 Å². The molecule has 0 rings (SSSR count). The topological polar surface area (TPSA) is 106 Å². The fraction of sp³-hybridized carbons (Fsp3) is 0.909. The molecule has 0 saturated heterocycles. The van der Waals surface area contributed by atoms with Crippen molar-refractivity contribution in [2.24, 2.45) is 10.1 Å². The number of nitrogens with zero attached hydrogens (tertiary/aromatic N) is 1. The maximum absolute atomic E-state index is 10.8. The Bertz CT molecular complexity index is 344. The van der Waals surface area contributed by atoms with E-state index in [1.165, 1.54) is 0 Å². The number of guanidine groups is 1. The van der Waals surface area contributed by atoms with Gasteiger partial charge >= 0.3 is 0 Å². The van der Waals surface area contributed by atoms with Crippen molar-refractivity contribution >= 4 is 16.0 Å². The van der Waals surface area contributed by atoms with E-state index in [4.69, 9.17) is 9.88 Å². The molecule has 0 atom stereocenters. The lowest BCUT2D eigenvalue weighted by Crippen LogP contribution is -2.40. The summed E-state index contributed by atoms with van der Waals surface area (Å²) in [6.07, 6.45) is 1.90. The number of nitrogens with two attached hydrogens (primary N) is 1. The highest BCUT2D eigenvalue weighted by molar-refractivity contribution is 7.89. The highest BCUT2D eigenvalue weighted by Gasteiger charge is 2.03. The molecular weight excluding hydrogens is 268 g/mol. The number of rotatable bonds is 10. The second-order valence-corrected chi connectivity index (χ2v) is 5.69. The minimum atomic E-state index is -3.43. The first-order valence-corrected chi connectivity index (χ1v) is 8.31. The van der Waals surface area contributed by atoms with Crippen LogP contribution in [0.2, 0.25) is 0 Å². The van der Waals surface area contributed by atoms with Crippen LogP contribution in [0.15, 0.2) is 4.99 Å². The fourth-order valence-electron chi connectivity index (χ4n) is 1.30. The van der Waals surface area contributed by atoms with Crippen molar-refractivity contribution in [3.05, 3.63) is 0 Å². The lowest BCUT2D eigenvalue weighted by atomic mass is 10.3. The summed E-state index contributed by atoms with van der Waals surface area (Å²) in [5, 5.41) is 10.9. The van der Waals surface area contributed by atoms with E-state index < -0.39 is 10.0 Å². The molecule has 7 nitrogen and oxygen atoms in total. The number of hydrogen-bond donors (Lipinski definition) is 3. The minimum absolute atomic E-state index is 0.109. The molecule has 0 saturated carbocycles. The summed E-state index contributed by atoms with van der Waals surface area (Å²) in [4.78, 5) is 4.33. The molecule has 4 N–H and O–H groups in total. The van der Waals surface area contributed by atoms with E-state index in [2.05, 4.69) is 15.6 Å². The Kier molecular flexibility index (Phi) is 10.5. The monoisotopic (exact) mass is 294 g/mol. The molecule has 0 aromatic heterocycles. The Morgan fingerprint density at radius 2 is 2.00 bits per heavy atom. The first-order valence-electron chi connectivity index (χ1n) is 6.60. The molecule has 0 fully saturated rings. The second kappa shape index (κ2) is 11.0. The van der Waals surface area contributed by atoms with Crippen LogP contribution in [0.5, 0.6) is 0 Å². The number of sulfonamides is 1. The van der Waals surface area contributed by atoms with Gasteiger partial charge in [-0.2, -0.15) is 0 Å². The average Bonchev–Trinajstić information content (AvgIpc) is 2.32. The summed E-state index contributed by atoms with van der Waals surface area (Å²) in [7, 11) is -3.43. The Balaban J connectivity index is 3.88. The molecule has 0 spiro atoms. The molecule has 0 aromatic carbocycles. The highest BCUT2D eigenvalue weighted by atomic mass is 32.2. The zero-order valence-electron chi connectivity index (χ0n) is 11.8. The van der Waals surface area contributed by atoms with Gasteiger partial charge in [-0.1, -0.05) is 0 Å². The summed E-state index contributed by atoms with van der Waals surface area (Å²) in [5.74, 6) is 0.504. The van der Waals surface area contributed by atoms with Crippen LogP contribution in [-0.2, 0) is 14.8 Å². The van der Waals surface area contributed by atoms with Crippen molar-refractivity contribution in [3.63, 3.8) is 0 Å². The summed E-state index contributed by atoms with van der Waals surface area (Å²) in [6.45, 7) is 7.06. The molecule has 0 radical (unpaired) electrons. The third-order valence-electron chi connectivity index (χ3n) is 2.19. The molecule has 0 aliphatic heterocycles. The van der Waals surface area contributed by atoms with Crippen molar-refractivity contribution in [1.29, 1.82) is 0 Å². The van der Waals surface area contributed by atoms with Gasteiger partial charge in [0.15, 0.2) is 5.96 Å². The van der Waals surface area contributed by atoms with E-state index in [-0.39, 0.29) is 12.3 Å². The van der Waals surface area contributed by atoms with Gasteiger partial charge in [-0.3, -0.25) is 4.99 Å². The molecule has 0 heterocycles. The standard InChI is InChI=1S/C11H26N4O3S/c1-3-13-11(15-8-10-19(12,16)17)14-7-5-6-9-18-4-2/h3-10H2,1-2H3,(H2,12,16,17)(H2,13,14,15). The van der Waals surface area contributed by atoms with Gasteiger partial charge in [0.1, 0.15) is 0 Å². The van der Waals surface area contributed by atoms with Crippen LogP contribution in [0.3, 0.4) is 0 Å². The van der Waals surface area contributed by atoms with Gasteiger partial charge in [0.25, 0.3) is 0 Å². The predicted molar refractivity (Wildman–Crippen MR) is 77.7 cm³/mol. The van der Waals surface area contributed by atoms with Gasteiger partial charge in [0.05, 0.1) is 5.75 Å². The summed E-state index contributed by atoms with van der Waals surface area (Å²) in [6, 6.07) is 0. The molecule has 0 unspecified atom stereocenters. The van der Waals surface area contributed by atoms with Gasteiger partial charge in [0, 0.05) is 32.8 Å². The van der Waals surface area contributed by atoms with Crippen molar-refractivity contribution in [1.82, 2.24) is 10.6 Å².